The molecule has 0 fully saturated rings. The van der Waals surface area contributed by atoms with Crippen LogP contribution in [0.3, 0.4) is 0 Å². The number of nitrogens with zero attached hydrogens (tertiary/aromatic N) is 3. The molecule has 0 aliphatic heterocycles. The molecular formula is C16H22N4O2. The van der Waals surface area contributed by atoms with Crippen molar-refractivity contribution in [2.75, 3.05) is 6.54 Å². The SMILES string of the molecule is Cc1cc(C)n(CCCN[C@H](C)c2ccc([N+](=O)[O-])cc2)n1. The van der Waals surface area contributed by atoms with Gasteiger partial charge in [-0.1, -0.05) is 12.1 Å². The normalized spacial score (nSPS) is 12.3. The Hall–Kier alpha value is -2.21. The van der Waals surface area contributed by atoms with Gasteiger partial charge >= 0.3 is 0 Å². The lowest BCUT2D eigenvalue weighted by Gasteiger charge is -2.14. The quantitative estimate of drug-likeness (QED) is 0.484. The molecule has 2 rings (SSSR count). The molecule has 0 spiro atoms. The first-order chi connectivity index (χ1) is 10.5. The zero-order valence-corrected chi connectivity index (χ0v) is 13.2. The van der Waals surface area contributed by atoms with Crippen molar-refractivity contribution in [1.29, 1.82) is 0 Å². The molecule has 6 nitrogen and oxygen atoms in total. The molecule has 118 valence electrons. The van der Waals surface area contributed by atoms with E-state index in [0.29, 0.717) is 0 Å². The Morgan fingerprint density at radius 1 is 1.32 bits per heavy atom. The second kappa shape index (κ2) is 7.17. The predicted octanol–water partition coefficient (Wildman–Crippen LogP) is 3.15. The molecule has 1 N–H and O–H groups in total. The van der Waals surface area contributed by atoms with Gasteiger partial charge in [0.15, 0.2) is 0 Å². The van der Waals surface area contributed by atoms with E-state index < -0.39 is 0 Å². The summed E-state index contributed by atoms with van der Waals surface area (Å²) in [5.41, 5.74) is 3.41. The molecule has 0 bridgehead atoms. The maximum atomic E-state index is 10.6. The standard InChI is InChI=1S/C16H22N4O2/c1-12-11-13(2)19(18-12)10-4-9-17-14(3)15-5-7-16(8-6-15)20(21)22/h5-8,11,14,17H,4,9-10H2,1-3H3/t14-/m1/s1. The summed E-state index contributed by atoms with van der Waals surface area (Å²) in [6.07, 6.45) is 0.985. The number of nitrogens with one attached hydrogen (secondary N) is 1. The van der Waals surface area contributed by atoms with Gasteiger partial charge in [-0.05, 0) is 45.4 Å². The van der Waals surface area contributed by atoms with E-state index in [-0.39, 0.29) is 16.7 Å². The van der Waals surface area contributed by atoms with Gasteiger partial charge in [-0.3, -0.25) is 14.8 Å². The molecular weight excluding hydrogens is 280 g/mol. The van der Waals surface area contributed by atoms with Crippen LogP contribution in [-0.4, -0.2) is 21.2 Å². The van der Waals surface area contributed by atoms with E-state index in [1.165, 1.54) is 5.69 Å². The number of benzene rings is 1. The fourth-order valence-electron chi connectivity index (χ4n) is 2.45. The second-order valence-corrected chi connectivity index (χ2v) is 5.53. The van der Waals surface area contributed by atoms with Gasteiger partial charge in [0, 0.05) is 30.4 Å². The molecule has 0 saturated carbocycles. The molecule has 0 amide bonds. The van der Waals surface area contributed by atoms with E-state index in [0.717, 1.165) is 30.8 Å². The van der Waals surface area contributed by atoms with Crippen molar-refractivity contribution in [3.63, 3.8) is 0 Å². The first kappa shape index (κ1) is 16.2. The van der Waals surface area contributed by atoms with Crippen LogP contribution in [0, 0.1) is 24.0 Å². The first-order valence-corrected chi connectivity index (χ1v) is 7.46. The topological polar surface area (TPSA) is 73.0 Å². The van der Waals surface area contributed by atoms with Gasteiger partial charge in [-0.15, -0.1) is 0 Å². The summed E-state index contributed by atoms with van der Waals surface area (Å²) in [4.78, 5) is 10.3. The minimum Gasteiger partial charge on any atom is -0.310 e. The molecule has 2 aromatic rings. The molecule has 22 heavy (non-hydrogen) atoms. The summed E-state index contributed by atoms with van der Waals surface area (Å²) in [5, 5.41) is 18.5. The third kappa shape index (κ3) is 4.14. The molecule has 1 atom stereocenters. The number of nitro benzene ring substituents is 1. The van der Waals surface area contributed by atoms with Gasteiger partial charge in [0.05, 0.1) is 10.6 Å². The zero-order chi connectivity index (χ0) is 16.1. The highest BCUT2D eigenvalue weighted by Gasteiger charge is 2.08. The molecule has 0 aliphatic carbocycles. The van der Waals surface area contributed by atoms with Crippen molar-refractivity contribution in [3.05, 3.63) is 57.4 Å². The van der Waals surface area contributed by atoms with Crippen LogP contribution in [-0.2, 0) is 6.54 Å². The average molecular weight is 302 g/mol. The van der Waals surface area contributed by atoms with Gasteiger partial charge in [0.2, 0.25) is 0 Å². The number of aryl methyl sites for hydroxylation is 3. The Kier molecular flexibility index (Phi) is 5.27. The van der Waals surface area contributed by atoms with Crippen molar-refractivity contribution in [1.82, 2.24) is 15.1 Å². The first-order valence-electron chi connectivity index (χ1n) is 7.46. The number of hydrogen-bond donors (Lipinski definition) is 1. The number of aromatic nitrogens is 2. The minimum absolute atomic E-state index is 0.125. The summed E-state index contributed by atoms with van der Waals surface area (Å²) >= 11 is 0. The summed E-state index contributed by atoms with van der Waals surface area (Å²) in [6, 6.07) is 8.94. The predicted molar refractivity (Wildman–Crippen MR) is 85.8 cm³/mol. The van der Waals surface area contributed by atoms with Gasteiger partial charge in [0.1, 0.15) is 0 Å². The minimum atomic E-state index is -0.379. The Labute approximate surface area is 130 Å². The van der Waals surface area contributed by atoms with E-state index in [1.54, 1.807) is 24.3 Å². The van der Waals surface area contributed by atoms with E-state index in [2.05, 4.69) is 30.3 Å². The third-order valence-electron chi connectivity index (χ3n) is 3.70. The maximum absolute atomic E-state index is 10.6. The molecule has 1 aromatic carbocycles. The molecule has 1 heterocycles. The Morgan fingerprint density at radius 2 is 2.00 bits per heavy atom. The van der Waals surface area contributed by atoms with Crippen LogP contribution < -0.4 is 5.32 Å². The highest BCUT2D eigenvalue weighted by atomic mass is 16.6. The van der Waals surface area contributed by atoms with E-state index in [9.17, 15) is 10.1 Å². The highest BCUT2D eigenvalue weighted by Crippen LogP contribution is 2.17. The summed E-state index contributed by atoms with van der Waals surface area (Å²) in [7, 11) is 0. The second-order valence-electron chi connectivity index (χ2n) is 5.53. The van der Waals surface area contributed by atoms with Gasteiger partial charge in [0.25, 0.3) is 5.69 Å². The third-order valence-corrected chi connectivity index (χ3v) is 3.70. The lowest BCUT2D eigenvalue weighted by molar-refractivity contribution is -0.384. The summed E-state index contributed by atoms with van der Waals surface area (Å²) in [5.74, 6) is 0. The molecule has 0 unspecified atom stereocenters. The summed E-state index contributed by atoms with van der Waals surface area (Å²) < 4.78 is 2.02. The summed E-state index contributed by atoms with van der Waals surface area (Å²) in [6.45, 7) is 7.88. The average Bonchev–Trinajstić information content (AvgIpc) is 2.81. The highest BCUT2D eigenvalue weighted by molar-refractivity contribution is 5.34. The fraction of sp³-hybridized carbons (Fsp3) is 0.438. The van der Waals surface area contributed by atoms with Gasteiger partial charge in [-0.2, -0.15) is 5.10 Å². The molecule has 0 saturated heterocycles. The van der Waals surface area contributed by atoms with Crippen molar-refractivity contribution < 1.29 is 4.92 Å². The van der Waals surface area contributed by atoms with Crippen LogP contribution in [0.5, 0.6) is 0 Å². The van der Waals surface area contributed by atoms with Crippen molar-refractivity contribution in [3.8, 4) is 0 Å². The lowest BCUT2D eigenvalue weighted by atomic mass is 10.1. The lowest BCUT2D eigenvalue weighted by Crippen LogP contribution is -2.21. The molecule has 0 aliphatic rings. The number of hydrogen-bond acceptors (Lipinski definition) is 4. The molecule has 6 heteroatoms. The Bertz CT molecular complexity index is 634. The van der Waals surface area contributed by atoms with Crippen molar-refractivity contribution >= 4 is 5.69 Å². The number of rotatable bonds is 7. The molecule has 1 aromatic heterocycles. The number of non-ortho nitro benzene ring substituents is 1. The Balaban J connectivity index is 1.79. The number of nitro groups is 1. The van der Waals surface area contributed by atoms with Crippen LogP contribution in [0.15, 0.2) is 30.3 Å². The molecule has 0 radical (unpaired) electrons. The monoisotopic (exact) mass is 302 g/mol. The smallest absolute Gasteiger partial charge is 0.269 e. The van der Waals surface area contributed by atoms with Gasteiger partial charge < -0.3 is 5.32 Å². The van der Waals surface area contributed by atoms with E-state index >= 15 is 0 Å². The van der Waals surface area contributed by atoms with Crippen molar-refractivity contribution in [2.45, 2.75) is 39.8 Å². The zero-order valence-electron chi connectivity index (χ0n) is 13.2. The van der Waals surface area contributed by atoms with E-state index in [4.69, 9.17) is 0 Å². The van der Waals surface area contributed by atoms with Crippen molar-refractivity contribution in [2.24, 2.45) is 0 Å². The van der Waals surface area contributed by atoms with Crippen LogP contribution in [0.25, 0.3) is 0 Å². The van der Waals surface area contributed by atoms with Crippen LogP contribution >= 0.6 is 0 Å². The van der Waals surface area contributed by atoms with Gasteiger partial charge in [-0.25, -0.2) is 0 Å². The van der Waals surface area contributed by atoms with E-state index in [1.807, 2.05) is 11.6 Å². The fourth-order valence-corrected chi connectivity index (χ4v) is 2.45. The largest absolute Gasteiger partial charge is 0.310 e. The Morgan fingerprint density at radius 3 is 2.55 bits per heavy atom. The maximum Gasteiger partial charge on any atom is 0.269 e. The van der Waals surface area contributed by atoms with Crippen LogP contribution in [0.4, 0.5) is 5.69 Å². The van der Waals surface area contributed by atoms with Crippen LogP contribution in [0.2, 0.25) is 0 Å². The van der Waals surface area contributed by atoms with Crippen LogP contribution in [0.1, 0.15) is 36.3 Å².